The molecular formula is C27H26N3O4. The van der Waals surface area contributed by atoms with Crippen LogP contribution in [0, 0.1) is 16.2 Å². The average molecular weight is 457 g/mol. The second-order valence-corrected chi connectivity index (χ2v) is 7.88. The van der Waals surface area contributed by atoms with Crippen LogP contribution in [-0.2, 0) is 22.4 Å². The van der Waals surface area contributed by atoms with Crippen LogP contribution in [0.15, 0.2) is 84.9 Å². The Balaban J connectivity index is 1.69. The Morgan fingerprint density at radius 3 is 2.12 bits per heavy atom. The number of nitro benzene ring substituents is 1. The number of benzene rings is 3. The summed E-state index contributed by atoms with van der Waals surface area (Å²) in [7, 11) is 0. The van der Waals surface area contributed by atoms with E-state index >= 15 is 0 Å². The Kier molecular flexibility index (Phi) is 8.82. The molecule has 1 amide bonds. The maximum absolute atomic E-state index is 12.9. The minimum atomic E-state index is -0.802. The number of carbonyl (C=O) groups is 2. The zero-order valence-corrected chi connectivity index (χ0v) is 18.6. The summed E-state index contributed by atoms with van der Waals surface area (Å²) in [6.07, 6.45) is 5.47. The highest BCUT2D eigenvalue weighted by Crippen LogP contribution is 2.13. The molecule has 0 aliphatic heterocycles. The third-order valence-corrected chi connectivity index (χ3v) is 5.32. The van der Waals surface area contributed by atoms with E-state index in [1.807, 2.05) is 60.7 Å². The molecule has 2 atom stereocenters. The third-order valence-electron chi connectivity index (χ3n) is 5.32. The first kappa shape index (κ1) is 24.5. The van der Waals surface area contributed by atoms with Crippen LogP contribution in [-0.4, -0.2) is 28.7 Å². The van der Waals surface area contributed by atoms with Gasteiger partial charge in [-0.25, -0.2) is 0 Å². The number of Topliss-reactive ketones (excluding diaryl/α,β-unsaturated/α-hetero) is 1. The van der Waals surface area contributed by atoms with Crippen molar-refractivity contribution in [2.75, 3.05) is 0 Å². The number of rotatable bonds is 11. The lowest BCUT2D eigenvalue weighted by Gasteiger charge is -2.19. The van der Waals surface area contributed by atoms with Crippen molar-refractivity contribution < 1.29 is 14.5 Å². The van der Waals surface area contributed by atoms with Crippen LogP contribution >= 0.6 is 0 Å². The molecule has 0 aromatic heterocycles. The zero-order valence-electron chi connectivity index (χ0n) is 18.6. The summed E-state index contributed by atoms with van der Waals surface area (Å²) in [5.41, 5.74) is 8.63. The van der Waals surface area contributed by atoms with Gasteiger partial charge in [-0.05, 0) is 54.2 Å². The number of nitro groups is 1. The number of amides is 1. The Labute approximate surface area is 198 Å². The molecule has 7 nitrogen and oxygen atoms in total. The molecule has 0 unspecified atom stereocenters. The molecule has 0 saturated carbocycles. The molecular weight excluding hydrogens is 430 g/mol. The fourth-order valence-corrected chi connectivity index (χ4v) is 3.41. The van der Waals surface area contributed by atoms with E-state index in [-0.39, 0.29) is 5.69 Å². The van der Waals surface area contributed by atoms with Crippen molar-refractivity contribution in [3.8, 4) is 0 Å². The molecule has 0 bridgehead atoms. The van der Waals surface area contributed by atoms with Crippen molar-refractivity contribution in [2.24, 2.45) is 5.73 Å². The standard InChI is InChI=1S/C27H26N3O4/c28-24(19-22-9-5-2-6-10-22)27(32)29-25(17-13-20-7-3-1-4-8-20)26(31)18-14-21-11-15-23(16-12-21)30(33)34/h1-12,14-16,24-25H,13,17,19,28H2,(H,29,32)/t24-,25-/m0/s1. The number of non-ortho nitro benzene ring substituents is 1. The monoisotopic (exact) mass is 456 g/mol. The van der Waals surface area contributed by atoms with Gasteiger partial charge in [0.15, 0.2) is 5.78 Å². The van der Waals surface area contributed by atoms with Crippen LogP contribution < -0.4 is 11.1 Å². The lowest BCUT2D eigenvalue weighted by atomic mass is 10.00. The fraction of sp³-hybridized carbons (Fsp3) is 0.185. The molecule has 7 heteroatoms. The number of hydrogen-bond donors (Lipinski definition) is 2. The maximum Gasteiger partial charge on any atom is 0.269 e. The van der Waals surface area contributed by atoms with Crippen molar-refractivity contribution in [3.05, 3.63) is 118 Å². The minimum Gasteiger partial charge on any atom is -0.345 e. The van der Waals surface area contributed by atoms with Crippen LogP contribution in [0.4, 0.5) is 5.69 Å². The van der Waals surface area contributed by atoms with Gasteiger partial charge in [-0.15, -0.1) is 0 Å². The summed E-state index contributed by atoms with van der Waals surface area (Å²) in [6, 6.07) is 23.3. The molecule has 0 aliphatic carbocycles. The lowest BCUT2D eigenvalue weighted by molar-refractivity contribution is -0.384. The number of ketones is 1. The van der Waals surface area contributed by atoms with Gasteiger partial charge in [0.25, 0.3) is 5.69 Å². The molecule has 3 aromatic rings. The second kappa shape index (κ2) is 12.2. The number of carbonyl (C=O) groups excluding carboxylic acids is 2. The van der Waals surface area contributed by atoms with Gasteiger partial charge < -0.3 is 11.1 Å². The van der Waals surface area contributed by atoms with Crippen molar-refractivity contribution in [3.63, 3.8) is 0 Å². The number of nitrogens with one attached hydrogen (secondary N) is 1. The highest BCUT2D eigenvalue weighted by Gasteiger charge is 2.23. The summed E-state index contributed by atoms with van der Waals surface area (Å²) >= 11 is 0. The highest BCUT2D eigenvalue weighted by molar-refractivity contribution is 5.97. The highest BCUT2D eigenvalue weighted by atomic mass is 16.6. The molecule has 3 rings (SSSR count). The predicted octanol–water partition coefficient (Wildman–Crippen LogP) is 3.67. The van der Waals surface area contributed by atoms with Gasteiger partial charge in [0.05, 0.1) is 17.0 Å². The van der Waals surface area contributed by atoms with E-state index < -0.39 is 28.7 Å². The molecule has 0 aliphatic rings. The number of aryl methyl sites for hydroxylation is 1. The summed E-state index contributed by atoms with van der Waals surface area (Å²) in [4.78, 5) is 36.0. The fourth-order valence-electron chi connectivity index (χ4n) is 3.41. The first-order chi connectivity index (χ1) is 16.4. The summed E-state index contributed by atoms with van der Waals surface area (Å²) in [6.45, 7) is 0. The topological polar surface area (TPSA) is 115 Å². The Morgan fingerprint density at radius 1 is 0.941 bits per heavy atom. The minimum absolute atomic E-state index is 0.0381. The third kappa shape index (κ3) is 7.50. The summed E-state index contributed by atoms with van der Waals surface area (Å²) < 4.78 is 0. The first-order valence-corrected chi connectivity index (χ1v) is 10.9. The van der Waals surface area contributed by atoms with Crippen LogP contribution in [0.1, 0.15) is 23.1 Å². The number of hydrogen-bond acceptors (Lipinski definition) is 5. The van der Waals surface area contributed by atoms with E-state index in [1.165, 1.54) is 30.3 Å². The average Bonchev–Trinajstić information content (AvgIpc) is 2.86. The smallest absolute Gasteiger partial charge is 0.269 e. The van der Waals surface area contributed by atoms with Gasteiger partial charge in [-0.2, -0.15) is 0 Å². The van der Waals surface area contributed by atoms with Crippen molar-refractivity contribution in [2.45, 2.75) is 31.3 Å². The van der Waals surface area contributed by atoms with E-state index in [0.717, 1.165) is 11.1 Å². The van der Waals surface area contributed by atoms with E-state index in [2.05, 4.69) is 11.4 Å². The quantitative estimate of drug-likeness (QED) is 0.260. The van der Waals surface area contributed by atoms with Crippen molar-refractivity contribution in [1.29, 1.82) is 0 Å². The molecule has 0 heterocycles. The maximum atomic E-state index is 12.9. The van der Waals surface area contributed by atoms with Crippen molar-refractivity contribution >= 4 is 23.5 Å². The molecule has 0 spiro atoms. The van der Waals surface area contributed by atoms with E-state index in [9.17, 15) is 19.7 Å². The van der Waals surface area contributed by atoms with Crippen LogP contribution in [0.5, 0.6) is 0 Å². The van der Waals surface area contributed by atoms with Gasteiger partial charge in [0.2, 0.25) is 5.91 Å². The SMILES string of the molecule is N[C@@H](Cc1ccccc1)C(=O)N[C@@H](CCc1ccccc1)C(=O)[C]=Cc1ccc([N+](=O)[O-])cc1. The normalized spacial score (nSPS) is 12.7. The Hall–Kier alpha value is -4.10. The number of nitrogens with zero attached hydrogens (tertiary/aromatic N) is 1. The molecule has 3 aromatic carbocycles. The summed E-state index contributed by atoms with van der Waals surface area (Å²) in [5.74, 6) is -0.804. The van der Waals surface area contributed by atoms with E-state index in [4.69, 9.17) is 5.73 Å². The lowest BCUT2D eigenvalue weighted by Crippen LogP contribution is -2.49. The van der Waals surface area contributed by atoms with Gasteiger partial charge >= 0.3 is 0 Å². The molecule has 0 saturated heterocycles. The van der Waals surface area contributed by atoms with Crippen LogP contribution in [0.25, 0.3) is 6.08 Å². The molecule has 34 heavy (non-hydrogen) atoms. The van der Waals surface area contributed by atoms with Gasteiger partial charge in [-0.3, -0.25) is 19.7 Å². The van der Waals surface area contributed by atoms with Gasteiger partial charge in [0, 0.05) is 18.2 Å². The predicted molar refractivity (Wildman–Crippen MR) is 131 cm³/mol. The molecule has 1 radical (unpaired) electrons. The first-order valence-electron chi connectivity index (χ1n) is 10.9. The summed E-state index contributed by atoms with van der Waals surface area (Å²) in [5, 5.41) is 13.6. The largest absolute Gasteiger partial charge is 0.345 e. The second-order valence-electron chi connectivity index (χ2n) is 7.88. The zero-order chi connectivity index (χ0) is 24.3. The Morgan fingerprint density at radius 2 is 1.53 bits per heavy atom. The molecule has 0 fully saturated rings. The van der Waals surface area contributed by atoms with E-state index in [0.29, 0.717) is 24.8 Å². The Bertz CT molecular complexity index is 1130. The van der Waals surface area contributed by atoms with Crippen LogP contribution in [0.2, 0.25) is 0 Å². The van der Waals surface area contributed by atoms with E-state index in [1.54, 1.807) is 0 Å². The van der Waals surface area contributed by atoms with Crippen molar-refractivity contribution in [1.82, 2.24) is 5.32 Å². The number of nitrogens with two attached hydrogens (primary N) is 1. The van der Waals surface area contributed by atoms with Gasteiger partial charge in [0.1, 0.15) is 0 Å². The van der Waals surface area contributed by atoms with Crippen LogP contribution in [0.3, 0.4) is 0 Å². The van der Waals surface area contributed by atoms with Gasteiger partial charge in [-0.1, -0.05) is 60.7 Å². The molecule has 173 valence electrons. The molecule has 3 N–H and O–H groups in total.